The molecule has 8 nitrogen and oxygen atoms in total. The van der Waals surface area contributed by atoms with Crippen molar-refractivity contribution >= 4 is 23.6 Å². The molecule has 0 unspecified atom stereocenters. The zero-order valence-electron chi connectivity index (χ0n) is 15.2. The van der Waals surface area contributed by atoms with Crippen LogP contribution in [0.15, 0.2) is 24.3 Å². The lowest BCUT2D eigenvalue weighted by molar-refractivity contribution is -0.139. The Morgan fingerprint density at radius 3 is 2.41 bits per heavy atom. The van der Waals surface area contributed by atoms with Crippen LogP contribution in [0.5, 0.6) is 5.75 Å². The van der Waals surface area contributed by atoms with Gasteiger partial charge in [0.25, 0.3) is 0 Å². The summed E-state index contributed by atoms with van der Waals surface area (Å²) in [5.41, 5.74) is 0.568. The molecule has 0 aliphatic carbocycles. The van der Waals surface area contributed by atoms with Crippen LogP contribution in [0.25, 0.3) is 0 Å². The SMILES string of the molecule is O=C(O)COc1cccc(NC(=O)C2CCN(C(=O)N3CCCC3)CC2)c1. The van der Waals surface area contributed by atoms with Gasteiger partial charge in [0.1, 0.15) is 5.75 Å². The maximum Gasteiger partial charge on any atom is 0.341 e. The van der Waals surface area contributed by atoms with Crippen molar-refractivity contribution < 1.29 is 24.2 Å². The number of rotatable bonds is 5. The molecule has 2 fully saturated rings. The van der Waals surface area contributed by atoms with E-state index in [-0.39, 0.29) is 17.9 Å². The van der Waals surface area contributed by atoms with Crippen molar-refractivity contribution in [2.24, 2.45) is 5.92 Å². The van der Waals surface area contributed by atoms with E-state index in [1.165, 1.54) is 0 Å². The standard InChI is InChI=1S/C19H25N3O5/c23-17(24)13-27-16-5-3-4-15(12-16)20-18(25)14-6-10-22(11-7-14)19(26)21-8-1-2-9-21/h3-5,12,14H,1-2,6-11,13H2,(H,20,25)(H,23,24). The normalized spacial score (nSPS) is 17.6. The molecular formula is C19H25N3O5. The molecule has 0 atom stereocenters. The van der Waals surface area contributed by atoms with Gasteiger partial charge in [0, 0.05) is 43.9 Å². The van der Waals surface area contributed by atoms with Crippen LogP contribution in [0.2, 0.25) is 0 Å². The second-order valence-corrected chi connectivity index (χ2v) is 6.94. The Balaban J connectivity index is 1.48. The molecule has 3 amide bonds. The van der Waals surface area contributed by atoms with Crippen molar-refractivity contribution in [1.82, 2.24) is 9.80 Å². The predicted molar refractivity (Wildman–Crippen MR) is 98.7 cm³/mol. The second-order valence-electron chi connectivity index (χ2n) is 6.94. The van der Waals surface area contributed by atoms with E-state index in [1.807, 2.05) is 9.80 Å². The van der Waals surface area contributed by atoms with E-state index in [0.29, 0.717) is 37.4 Å². The second kappa shape index (κ2) is 8.75. The molecule has 0 radical (unpaired) electrons. The summed E-state index contributed by atoms with van der Waals surface area (Å²) in [5, 5.41) is 11.5. The van der Waals surface area contributed by atoms with E-state index >= 15 is 0 Å². The molecule has 2 N–H and O–H groups in total. The fraction of sp³-hybridized carbons (Fsp3) is 0.526. The molecule has 2 aliphatic rings. The number of nitrogens with zero attached hydrogens (tertiary/aromatic N) is 2. The Kier molecular flexibility index (Phi) is 6.16. The lowest BCUT2D eigenvalue weighted by atomic mass is 9.96. The van der Waals surface area contributed by atoms with Crippen molar-refractivity contribution in [2.45, 2.75) is 25.7 Å². The van der Waals surface area contributed by atoms with Gasteiger partial charge in [-0.25, -0.2) is 9.59 Å². The van der Waals surface area contributed by atoms with Crippen LogP contribution in [0.3, 0.4) is 0 Å². The summed E-state index contributed by atoms with van der Waals surface area (Å²) in [4.78, 5) is 39.2. The highest BCUT2D eigenvalue weighted by atomic mass is 16.5. The summed E-state index contributed by atoms with van der Waals surface area (Å²) in [5.74, 6) is -0.893. The third kappa shape index (κ3) is 5.12. The number of carboxylic acid groups (broad SMARTS) is 1. The van der Waals surface area contributed by atoms with Crippen LogP contribution in [0.4, 0.5) is 10.5 Å². The average molecular weight is 375 g/mol. The van der Waals surface area contributed by atoms with Crippen LogP contribution < -0.4 is 10.1 Å². The first-order valence-corrected chi connectivity index (χ1v) is 9.32. The third-order valence-corrected chi connectivity index (χ3v) is 4.98. The number of ether oxygens (including phenoxy) is 1. The summed E-state index contributed by atoms with van der Waals surface area (Å²) in [7, 11) is 0. The van der Waals surface area contributed by atoms with Gasteiger partial charge in [-0.3, -0.25) is 4.79 Å². The number of hydrogen-bond acceptors (Lipinski definition) is 4. The first-order chi connectivity index (χ1) is 13.0. The average Bonchev–Trinajstić information content (AvgIpc) is 3.21. The van der Waals surface area contributed by atoms with Gasteiger partial charge in [-0.2, -0.15) is 0 Å². The van der Waals surface area contributed by atoms with Crippen molar-refractivity contribution in [3.8, 4) is 5.75 Å². The fourth-order valence-electron chi connectivity index (χ4n) is 3.49. The van der Waals surface area contributed by atoms with Crippen molar-refractivity contribution in [1.29, 1.82) is 0 Å². The number of likely N-dealkylation sites (tertiary alicyclic amines) is 2. The zero-order chi connectivity index (χ0) is 19.2. The highest BCUT2D eigenvalue weighted by Gasteiger charge is 2.30. The topological polar surface area (TPSA) is 99.2 Å². The van der Waals surface area contributed by atoms with Gasteiger partial charge >= 0.3 is 12.0 Å². The number of carbonyl (C=O) groups excluding carboxylic acids is 2. The quantitative estimate of drug-likeness (QED) is 0.820. The van der Waals surface area contributed by atoms with Crippen molar-refractivity contribution in [3.63, 3.8) is 0 Å². The van der Waals surface area contributed by atoms with E-state index in [0.717, 1.165) is 25.9 Å². The molecule has 0 aromatic heterocycles. The van der Waals surface area contributed by atoms with E-state index < -0.39 is 12.6 Å². The van der Waals surface area contributed by atoms with Gasteiger partial charge in [0.05, 0.1) is 0 Å². The lowest BCUT2D eigenvalue weighted by Crippen LogP contribution is -2.47. The molecule has 2 saturated heterocycles. The van der Waals surface area contributed by atoms with Crippen LogP contribution in [-0.4, -0.2) is 65.6 Å². The molecular weight excluding hydrogens is 350 g/mol. The van der Waals surface area contributed by atoms with E-state index in [4.69, 9.17) is 9.84 Å². The molecule has 0 bridgehead atoms. The highest BCUT2D eigenvalue weighted by Crippen LogP contribution is 2.23. The van der Waals surface area contributed by atoms with Crippen LogP contribution in [-0.2, 0) is 9.59 Å². The number of nitrogens with one attached hydrogen (secondary N) is 1. The van der Waals surface area contributed by atoms with Gasteiger partial charge in [-0.1, -0.05) is 6.07 Å². The minimum absolute atomic E-state index is 0.0846. The lowest BCUT2D eigenvalue weighted by Gasteiger charge is -2.34. The molecule has 0 saturated carbocycles. The van der Waals surface area contributed by atoms with Gasteiger partial charge in [0.15, 0.2) is 6.61 Å². The number of hydrogen-bond donors (Lipinski definition) is 2. The number of carboxylic acids is 1. The Morgan fingerprint density at radius 1 is 1.07 bits per heavy atom. The van der Waals surface area contributed by atoms with E-state index in [9.17, 15) is 14.4 Å². The van der Waals surface area contributed by atoms with Gasteiger partial charge in [-0.15, -0.1) is 0 Å². The number of amides is 3. The fourth-order valence-corrected chi connectivity index (χ4v) is 3.49. The molecule has 2 heterocycles. The maximum atomic E-state index is 12.5. The summed E-state index contributed by atoms with van der Waals surface area (Å²) in [6.45, 7) is 2.42. The van der Waals surface area contributed by atoms with Crippen molar-refractivity contribution in [3.05, 3.63) is 24.3 Å². The van der Waals surface area contributed by atoms with Crippen molar-refractivity contribution in [2.75, 3.05) is 38.1 Å². The Labute approximate surface area is 158 Å². The number of piperidine rings is 1. The zero-order valence-corrected chi connectivity index (χ0v) is 15.2. The molecule has 3 rings (SSSR count). The van der Waals surface area contributed by atoms with Gasteiger partial charge < -0.3 is 25.0 Å². The maximum absolute atomic E-state index is 12.5. The molecule has 1 aromatic carbocycles. The highest BCUT2D eigenvalue weighted by molar-refractivity contribution is 5.93. The van der Waals surface area contributed by atoms with Gasteiger partial charge in [-0.05, 0) is 37.8 Å². The third-order valence-electron chi connectivity index (χ3n) is 4.98. The smallest absolute Gasteiger partial charge is 0.341 e. The molecule has 146 valence electrons. The largest absolute Gasteiger partial charge is 0.482 e. The molecule has 27 heavy (non-hydrogen) atoms. The molecule has 0 spiro atoms. The van der Waals surface area contributed by atoms with E-state index in [1.54, 1.807) is 24.3 Å². The summed E-state index contributed by atoms with van der Waals surface area (Å²) >= 11 is 0. The number of aliphatic carboxylic acids is 1. The van der Waals surface area contributed by atoms with E-state index in [2.05, 4.69) is 5.32 Å². The Morgan fingerprint density at radius 2 is 1.74 bits per heavy atom. The van der Waals surface area contributed by atoms with Crippen LogP contribution >= 0.6 is 0 Å². The first-order valence-electron chi connectivity index (χ1n) is 9.32. The number of urea groups is 1. The summed E-state index contributed by atoms with van der Waals surface area (Å²) in [6, 6.07) is 6.77. The number of benzene rings is 1. The minimum Gasteiger partial charge on any atom is -0.482 e. The molecule has 1 aromatic rings. The minimum atomic E-state index is -1.06. The molecule has 2 aliphatic heterocycles. The number of carbonyl (C=O) groups is 3. The molecule has 8 heteroatoms. The predicted octanol–water partition coefficient (Wildman–Crippen LogP) is 2.02. The summed E-state index contributed by atoms with van der Waals surface area (Å²) in [6.07, 6.45) is 3.42. The van der Waals surface area contributed by atoms with Crippen LogP contribution in [0.1, 0.15) is 25.7 Å². The Hall–Kier alpha value is -2.77. The van der Waals surface area contributed by atoms with Crippen LogP contribution in [0, 0.1) is 5.92 Å². The van der Waals surface area contributed by atoms with Gasteiger partial charge in [0.2, 0.25) is 5.91 Å². The first kappa shape index (κ1) is 19.0. The Bertz CT molecular complexity index is 694. The monoisotopic (exact) mass is 375 g/mol. The summed E-state index contributed by atoms with van der Waals surface area (Å²) < 4.78 is 5.12. The number of anilines is 1.